The van der Waals surface area contributed by atoms with Crippen LogP contribution in [-0.4, -0.2) is 31.6 Å². The molecule has 10 heavy (non-hydrogen) atoms. The smallest absolute Gasteiger partial charge is 0.0719 e. The highest BCUT2D eigenvalue weighted by Crippen LogP contribution is 2.14. The summed E-state index contributed by atoms with van der Waals surface area (Å²) < 4.78 is 0. The molecule has 1 atom stereocenters. The second-order valence-electron chi connectivity index (χ2n) is 3.10. The van der Waals surface area contributed by atoms with Crippen LogP contribution in [0.3, 0.4) is 0 Å². The van der Waals surface area contributed by atoms with Crippen molar-refractivity contribution in [2.75, 3.05) is 26.7 Å². The Morgan fingerprint density at radius 1 is 1.70 bits per heavy atom. The number of nitrogens with two attached hydrogens (primary N) is 1. The highest BCUT2D eigenvalue weighted by Gasteiger charge is 2.16. The summed E-state index contributed by atoms with van der Waals surface area (Å²) in [5.41, 5.74) is 0. The Morgan fingerprint density at radius 3 is 3.10 bits per heavy atom. The summed E-state index contributed by atoms with van der Waals surface area (Å²) >= 11 is 0. The van der Waals surface area contributed by atoms with E-state index in [2.05, 4.69) is 16.8 Å². The fourth-order valence-corrected chi connectivity index (χ4v) is 1.55. The molecule has 3 heteroatoms. The molecule has 60 valence electrons. The van der Waals surface area contributed by atoms with Crippen LogP contribution in [0.25, 0.3) is 0 Å². The van der Waals surface area contributed by atoms with Gasteiger partial charge >= 0.3 is 0 Å². The SMILES string of the molecule is CN1CCC[C@H](CON)C1. The number of hydrogen-bond acceptors (Lipinski definition) is 3. The van der Waals surface area contributed by atoms with Gasteiger partial charge < -0.3 is 9.74 Å². The van der Waals surface area contributed by atoms with Crippen molar-refractivity contribution >= 4 is 0 Å². The summed E-state index contributed by atoms with van der Waals surface area (Å²) in [4.78, 5) is 6.93. The van der Waals surface area contributed by atoms with E-state index < -0.39 is 0 Å². The van der Waals surface area contributed by atoms with Crippen molar-refractivity contribution in [2.45, 2.75) is 12.8 Å². The van der Waals surface area contributed by atoms with Crippen molar-refractivity contribution in [3.8, 4) is 0 Å². The number of hydrogen-bond donors (Lipinski definition) is 1. The van der Waals surface area contributed by atoms with Gasteiger partial charge in [-0.2, -0.15) is 0 Å². The van der Waals surface area contributed by atoms with Crippen LogP contribution < -0.4 is 5.90 Å². The predicted molar refractivity (Wildman–Crippen MR) is 40.4 cm³/mol. The highest BCUT2D eigenvalue weighted by atomic mass is 16.6. The van der Waals surface area contributed by atoms with E-state index in [0.29, 0.717) is 12.5 Å². The molecule has 0 amide bonds. The first kappa shape index (κ1) is 7.98. The maximum absolute atomic E-state index is 4.99. The summed E-state index contributed by atoms with van der Waals surface area (Å²) in [5.74, 6) is 5.64. The quantitative estimate of drug-likeness (QED) is 0.563. The summed E-state index contributed by atoms with van der Waals surface area (Å²) in [6.07, 6.45) is 2.55. The molecule has 1 saturated heterocycles. The van der Waals surface area contributed by atoms with Gasteiger partial charge in [-0.15, -0.1) is 0 Å². The van der Waals surface area contributed by atoms with E-state index in [1.54, 1.807) is 0 Å². The standard InChI is InChI=1S/C7H16N2O/c1-9-4-2-3-7(5-9)6-10-8/h7H,2-6,8H2,1H3/t7-/m0/s1. The summed E-state index contributed by atoms with van der Waals surface area (Å²) in [5, 5.41) is 0. The van der Waals surface area contributed by atoms with Crippen molar-refractivity contribution in [2.24, 2.45) is 11.8 Å². The lowest BCUT2D eigenvalue weighted by Crippen LogP contribution is -2.34. The van der Waals surface area contributed by atoms with Gasteiger partial charge in [0, 0.05) is 6.54 Å². The average molecular weight is 144 g/mol. The third-order valence-corrected chi connectivity index (χ3v) is 2.05. The molecule has 1 aliphatic heterocycles. The molecule has 0 unspecified atom stereocenters. The number of likely N-dealkylation sites (tertiary alicyclic amines) is 1. The molecule has 0 aromatic carbocycles. The van der Waals surface area contributed by atoms with Gasteiger partial charge in [0.25, 0.3) is 0 Å². The van der Waals surface area contributed by atoms with Crippen molar-refractivity contribution in [1.82, 2.24) is 4.90 Å². The Labute approximate surface area is 62.1 Å². The minimum absolute atomic E-state index is 0.656. The van der Waals surface area contributed by atoms with Crippen molar-refractivity contribution in [3.05, 3.63) is 0 Å². The molecule has 1 rings (SSSR count). The van der Waals surface area contributed by atoms with Crippen LogP contribution in [0.15, 0.2) is 0 Å². The van der Waals surface area contributed by atoms with Crippen LogP contribution >= 0.6 is 0 Å². The lowest BCUT2D eigenvalue weighted by molar-refractivity contribution is 0.0680. The van der Waals surface area contributed by atoms with E-state index in [1.807, 2.05) is 0 Å². The summed E-state index contributed by atoms with van der Waals surface area (Å²) in [6, 6.07) is 0. The third kappa shape index (κ3) is 2.25. The number of rotatable bonds is 2. The number of nitrogens with zero attached hydrogens (tertiary/aromatic N) is 1. The molecule has 2 N–H and O–H groups in total. The normalized spacial score (nSPS) is 28.8. The molecule has 0 aromatic heterocycles. The zero-order valence-corrected chi connectivity index (χ0v) is 6.55. The maximum atomic E-state index is 4.99. The predicted octanol–water partition coefficient (Wildman–Crippen LogP) is 0.219. The second-order valence-corrected chi connectivity index (χ2v) is 3.10. The van der Waals surface area contributed by atoms with Crippen LogP contribution in [0.5, 0.6) is 0 Å². The van der Waals surface area contributed by atoms with Gasteiger partial charge in [0.05, 0.1) is 6.61 Å². The highest BCUT2D eigenvalue weighted by molar-refractivity contribution is 4.69. The van der Waals surface area contributed by atoms with Crippen LogP contribution in [0, 0.1) is 5.92 Å². The number of piperidine rings is 1. The van der Waals surface area contributed by atoms with Crippen LogP contribution in [0.1, 0.15) is 12.8 Å². The second kappa shape index (κ2) is 3.91. The molecule has 0 aliphatic carbocycles. The van der Waals surface area contributed by atoms with E-state index in [4.69, 9.17) is 5.90 Å². The minimum atomic E-state index is 0.656. The molecule has 0 aromatic rings. The molecule has 1 fully saturated rings. The zero-order valence-electron chi connectivity index (χ0n) is 6.55. The molecule has 1 aliphatic rings. The molecule has 3 nitrogen and oxygen atoms in total. The molecular formula is C7H16N2O. The third-order valence-electron chi connectivity index (χ3n) is 2.05. The maximum Gasteiger partial charge on any atom is 0.0719 e. The van der Waals surface area contributed by atoms with Crippen LogP contribution in [0.4, 0.5) is 0 Å². The molecule has 0 bridgehead atoms. The molecule has 0 radical (unpaired) electrons. The van der Waals surface area contributed by atoms with Crippen molar-refractivity contribution < 1.29 is 4.84 Å². The van der Waals surface area contributed by atoms with Gasteiger partial charge in [0.1, 0.15) is 0 Å². The van der Waals surface area contributed by atoms with E-state index in [9.17, 15) is 0 Å². The Kier molecular flexibility index (Phi) is 3.12. The molecule has 0 spiro atoms. The van der Waals surface area contributed by atoms with Gasteiger partial charge in [0.2, 0.25) is 0 Å². The van der Waals surface area contributed by atoms with Gasteiger partial charge in [-0.3, -0.25) is 0 Å². The van der Waals surface area contributed by atoms with Crippen molar-refractivity contribution in [1.29, 1.82) is 0 Å². The first-order valence-corrected chi connectivity index (χ1v) is 3.83. The fraction of sp³-hybridized carbons (Fsp3) is 1.00. The fourth-order valence-electron chi connectivity index (χ4n) is 1.55. The Morgan fingerprint density at radius 2 is 2.50 bits per heavy atom. The lowest BCUT2D eigenvalue weighted by Gasteiger charge is -2.28. The van der Waals surface area contributed by atoms with Gasteiger partial charge in [-0.05, 0) is 32.4 Å². The molecule has 1 heterocycles. The molecule has 0 saturated carbocycles. The van der Waals surface area contributed by atoms with E-state index >= 15 is 0 Å². The van der Waals surface area contributed by atoms with Crippen LogP contribution in [-0.2, 0) is 4.84 Å². The lowest BCUT2D eigenvalue weighted by atomic mass is 10.00. The van der Waals surface area contributed by atoms with E-state index in [0.717, 1.165) is 6.54 Å². The van der Waals surface area contributed by atoms with Gasteiger partial charge in [-0.25, -0.2) is 5.90 Å². The summed E-state index contributed by atoms with van der Waals surface area (Å²) in [6.45, 7) is 3.07. The topological polar surface area (TPSA) is 38.5 Å². The van der Waals surface area contributed by atoms with Crippen molar-refractivity contribution in [3.63, 3.8) is 0 Å². The van der Waals surface area contributed by atoms with E-state index in [1.165, 1.54) is 19.4 Å². The Balaban J connectivity index is 2.18. The Bertz CT molecular complexity index is 95.6. The monoisotopic (exact) mass is 144 g/mol. The largest absolute Gasteiger partial charge is 0.306 e. The minimum Gasteiger partial charge on any atom is -0.306 e. The van der Waals surface area contributed by atoms with E-state index in [-0.39, 0.29) is 0 Å². The molecular weight excluding hydrogens is 128 g/mol. The Hall–Kier alpha value is -0.120. The van der Waals surface area contributed by atoms with Crippen LogP contribution in [0.2, 0.25) is 0 Å². The first-order chi connectivity index (χ1) is 4.83. The van der Waals surface area contributed by atoms with Gasteiger partial charge in [0.15, 0.2) is 0 Å². The first-order valence-electron chi connectivity index (χ1n) is 3.83. The average Bonchev–Trinajstić information content (AvgIpc) is 1.88. The zero-order chi connectivity index (χ0) is 7.40. The van der Waals surface area contributed by atoms with Gasteiger partial charge in [-0.1, -0.05) is 0 Å². The summed E-state index contributed by atoms with van der Waals surface area (Å²) in [7, 11) is 2.14.